The Hall–Kier alpha value is -1.61. The number of aryl methyl sites for hydroxylation is 2. The number of rotatable bonds is 4. The number of aromatic nitrogens is 2. The van der Waals surface area contributed by atoms with E-state index in [-0.39, 0.29) is 0 Å². The number of hydrogen-bond acceptors (Lipinski definition) is 2. The Kier molecular flexibility index (Phi) is 3.82. The van der Waals surface area contributed by atoms with E-state index in [1.165, 1.54) is 22.4 Å². The highest BCUT2D eigenvalue weighted by Crippen LogP contribution is 2.16. The molecule has 1 aromatic carbocycles. The van der Waals surface area contributed by atoms with E-state index in [2.05, 4.69) is 54.8 Å². The van der Waals surface area contributed by atoms with Crippen LogP contribution in [0.3, 0.4) is 0 Å². The van der Waals surface area contributed by atoms with Crippen LogP contribution in [-0.4, -0.2) is 16.3 Å². The first-order valence-corrected chi connectivity index (χ1v) is 6.41. The zero-order valence-electron chi connectivity index (χ0n) is 11.4. The summed E-state index contributed by atoms with van der Waals surface area (Å²) in [6, 6.07) is 8.45. The summed E-state index contributed by atoms with van der Waals surface area (Å²) in [6.45, 7) is 7.85. The topological polar surface area (TPSA) is 43.8 Å². The van der Waals surface area contributed by atoms with Crippen molar-refractivity contribution in [2.75, 3.05) is 6.54 Å². The van der Waals surface area contributed by atoms with Gasteiger partial charge < -0.3 is 5.73 Å². The summed E-state index contributed by atoms with van der Waals surface area (Å²) in [5.41, 5.74) is 11.9. The van der Waals surface area contributed by atoms with E-state index >= 15 is 0 Å². The van der Waals surface area contributed by atoms with E-state index < -0.39 is 0 Å². The molecular formula is C15H21N3. The number of hydrogen-bond donors (Lipinski definition) is 1. The normalized spacial score (nSPS) is 10.9. The van der Waals surface area contributed by atoms with Crippen molar-refractivity contribution in [3.8, 4) is 0 Å². The molecule has 0 bridgehead atoms. The SMILES string of the molecule is Cc1ccccc1Cn1nc(C)c(CCN)c1C. The van der Waals surface area contributed by atoms with E-state index in [0.29, 0.717) is 6.54 Å². The van der Waals surface area contributed by atoms with Gasteiger partial charge in [0, 0.05) is 5.69 Å². The fourth-order valence-electron chi connectivity index (χ4n) is 2.34. The van der Waals surface area contributed by atoms with E-state index in [0.717, 1.165) is 18.7 Å². The van der Waals surface area contributed by atoms with Crippen molar-refractivity contribution < 1.29 is 0 Å². The molecule has 2 rings (SSSR count). The molecule has 0 saturated heterocycles. The fourth-order valence-corrected chi connectivity index (χ4v) is 2.34. The third-order valence-electron chi connectivity index (χ3n) is 3.51. The van der Waals surface area contributed by atoms with Gasteiger partial charge in [-0.25, -0.2) is 0 Å². The molecule has 0 aliphatic rings. The standard InChI is InChI=1S/C15H21N3/c1-11-6-4-5-7-14(11)10-18-13(3)15(8-9-16)12(2)17-18/h4-7H,8-10,16H2,1-3H3. The maximum atomic E-state index is 5.65. The molecule has 0 atom stereocenters. The monoisotopic (exact) mass is 243 g/mol. The number of benzene rings is 1. The summed E-state index contributed by atoms with van der Waals surface area (Å²) in [6.07, 6.45) is 0.908. The molecule has 3 nitrogen and oxygen atoms in total. The van der Waals surface area contributed by atoms with E-state index in [1.54, 1.807) is 0 Å². The highest BCUT2D eigenvalue weighted by molar-refractivity contribution is 5.29. The number of nitrogens with zero attached hydrogens (tertiary/aromatic N) is 2. The molecule has 0 aliphatic carbocycles. The van der Waals surface area contributed by atoms with Crippen molar-refractivity contribution in [3.63, 3.8) is 0 Å². The van der Waals surface area contributed by atoms with E-state index in [1.807, 2.05) is 0 Å². The second kappa shape index (κ2) is 5.36. The van der Waals surface area contributed by atoms with Gasteiger partial charge in [-0.3, -0.25) is 4.68 Å². The van der Waals surface area contributed by atoms with E-state index in [4.69, 9.17) is 5.73 Å². The molecular weight excluding hydrogens is 222 g/mol. The molecule has 0 radical (unpaired) electrons. The van der Waals surface area contributed by atoms with Crippen LogP contribution in [0.5, 0.6) is 0 Å². The zero-order chi connectivity index (χ0) is 13.1. The highest BCUT2D eigenvalue weighted by Gasteiger charge is 2.11. The van der Waals surface area contributed by atoms with Gasteiger partial charge in [0.15, 0.2) is 0 Å². The average Bonchev–Trinajstić information content (AvgIpc) is 2.60. The molecule has 96 valence electrons. The molecule has 0 fully saturated rings. The largest absolute Gasteiger partial charge is 0.330 e. The molecule has 0 spiro atoms. The fraction of sp³-hybridized carbons (Fsp3) is 0.400. The van der Waals surface area contributed by atoms with Gasteiger partial charge in [0.2, 0.25) is 0 Å². The van der Waals surface area contributed by atoms with Gasteiger partial charge in [0.25, 0.3) is 0 Å². The summed E-state index contributed by atoms with van der Waals surface area (Å²) in [4.78, 5) is 0. The lowest BCUT2D eigenvalue weighted by Gasteiger charge is -2.08. The van der Waals surface area contributed by atoms with Gasteiger partial charge in [-0.05, 0) is 50.4 Å². The summed E-state index contributed by atoms with van der Waals surface area (Å²) < 4.78 is 2.09. The van der Waals surface area contributed by atoms with Crippen LogP contribution < -0.4 is 5.73 Å². The molecule has 3 heteroatoms. The summed E-state index contributed by atoms with van der Waals surface area (Å²) >= 11 is 0. The first-order valence-electron chi connectivity index (χ1n) is 6.41. The first-order chi connectivity index (χ1) is 8.63. The van der Waals surface area contributed by atoms with Crippen LogP contribution in [0.4, 0.5) is 0 Å². The van der Waals surface area contributed by atoms with Crippen molar-refractivity contribution >= 4 is 0 Å². The number of nitrogens with two attached hydrogens (primary N) is 1. The van der Waals surface area contributed by atoms with Crippen molar-refractivity contribution in [2.24, 2.45) is 5.73 Å². The highest BCUT2D eigenvalue weighted by atomic mass is 15.3. The molecule has 0 unspecified atom stereocenters. The molecule has 18 heavy (non-hydrogen) atoms. The van der Waals surface area contributed by atoms with Crippen molar-refractivity contribution in [3.05, 3.63) is 52.3 Å². The Morgan fingerprint density at radius 3 is 2.56 bits per heavy atom. The van der Waals surface area contributed by atoms with Crippen molar-refractivity contribution in [2.45, 2.75) is 33.7 Å². The van der Waals surface area contributed by atoms with Gasteiger partial charge in [0.1, 0.15) is 0 Å². The molecule has 0 saturated carbocycles. The predicted molar refractivity (Wildman–Crippen MR) is 74.7 cm³/mol. The average molecular weight is 243 g/mol. The lowest BCUT2D eigenvalue weighted by atomic mass is 10.1. The second-order valence-electron chi connectivity index (χ2n) is 4.77. The third kappa shape index (κ3) is 2.46. The molecule has 2 N–H and O–H groups in total. The Balaban J connectivity index is 2.30. The van der Waals surface area contributed by atoms with Crippen LogP contribution in [0.25, 0.3) is 0 Å². The maximum absolute atomic E-state index is 5.65. The van der Waals surface area contributed by atoms with Gasteiger partial charge in [0.05, 0.1) is 12.2 Å². The van der Waals surface area contributed by atoms with Crippen LogP contribution in [0.1, 0.15) is 28.1 Å². The Labute approximate surface area is 109 Å². The Morgan fingerprint density at radius 1 is 1.17 bits per heavy atom. The van der Waals surface area contributed by atoms with Gasteiger partial charge in [-0.15, -0.1) is 0 Å². The molecule has 0 aliphatic heterocycles. The van der Waals surface area contributed by atoms with Gasteiger partial charge >= 0.3 is 0 Å². The Morgan fingerprint density at radius 2 is 1.89 bits per heavy atom. The van der Waals surface area contributed by atoms with Crippen LogP contribution in [0, 0.1) is 20.8 Å². The van der Waals surface area contributed by atoms with Gasteiger partial charge in [-0.1, -0.05) is 24.3 Å². The second-order valence-corrected chi connectivity index (χ2v) is 4.77. The minimum absolute atomic E-state index is 0.678. The summed E-state index contributed by atoms with van der Waals surface area (Å²) in [5, 5.41) is 4.63. The first kappa shape index (κ1) is 12.8. The molecule has 2 aromatic rings. The van der Waals surface area contributed by atoms with Gasteiger partial charge in [-0.2, -0.15) is 5.10 Å². The van der Waals surface area contributed by atoms with Crippen molar-refractivity contribution in [1.82, 2.24) is 9.78 Å². The van der Waals surface area contributed by atoms with Crippen LogP contribution in [0.15, 0.2) is 24.3 Å². The van der Waals surface area contributed by atoms with Crippen molar-refractivity contribution in [1.29, 1.82) is 0 Å². The zero-order valence-corrected chi connectivity index (χ0v) is 11.4. The maximum Gasteiger partial charge on any atom is 0.0665 e. The lowest BCUT2D eigenvalue weighted by Crippen LogP contribution is -2.07. The summed E-state index contributed by atoms with van der Waals surface area (Å²) in [5.74, 6) is 0. The van der Waals surface area contributed by atoms with Crippen LogP contribution in [0.2, 0.25) is 0 Å². The molecule has 0 amide bonds. The smallest absolute Gasteiger partial charge is 0.0665 e. The minimum atomic E-state index is 0.678. The summed E-state index contributed by atoms with van der Waals surface area (Å²) in [7, 11) is 0. The Bertz CT molecular complexity index is 541. The van der Waals surface area contributed by atoms with E-state index in [9.17, 15) is 0 Å². The quantitative estimate of drug-likeness (QED) is 0.896. The minimum Gasteiger partial charge on any atom is -0.330 e. The predicted octanol–water partition coefficient (Wildman–Crippen LogP) is 2.36. The molecule has 1 aromatic heterocycles. The lowest BCUT2D eigenvalue weighted by molar-refractivity contribution is 0.655. The third-order valence-corrected chi connectivity index (χ3v) is 3.51. The van der Waals surface area contributed by atoms with Crippen LogP contribution in [-0.2, 0) is 13.0 Å². The molecule has 1 heterocycles. The van der Waals surface area contributed by atoms with Crippen LogP contribution >= 0.6 is 0 Å².